The lowest BCUT2D eigenvalue weighted by Crippen LogP contribution is -2.47. The molecule has 1 aliphatic heterocycles. The van der Waals surface area contributed by atoms with E-state index in [9.17, 15) is 4.39 Å². The van der Waals surface area contributed by atoms with Crippen molar-refractivity contribution in [3.63, 3.8) is 0 Å². The molecule has 28 heavy (non-hydrogen) atoms. The molecule has 6 heteroatoms. The second-order valence-electron chi connectivity index (χ2n) is 6.90. The quantitative estimate of drug-likeness (QED) is 0.600. The zero-order valence-corrected chi connectivity index (χ0v) is 18.1. The van der Waals surface area contributed by atoms with E-state index in [-0.39, 0.29) is 36.7 Å². The van der Waals surface area contributed by atoms with Gasteiger partial charge in [-0.05, 0) is 36.2 Å². The molecule has 1 fully saturated rings. The Labute approximate surface area is 180 Å². The monoisotopic (exact) mass is 428 g/mol. The minimum Gasteiger partial charge on any atom is -0.367 e. The summed E-state index contributed by atoms with van der Waals surface area (Å²) in [5, 5.41) is 0. The smallest absolute Gasteiger partial charge is 0.123 e. The van der Waals surface area contributed by atoms with Crippen LogP contribution < -0.4 is 0 Å². The Bertz CT molecular complexity index is 649. The molecule has 1 aliphatic rings. The highest BCUT2D eigenvalue weighted by Gasteiger charge is 2.18. The molecule has 0 N–H and O–H groups in total. The highest BCUT2D eigenvalue weighted by Crippen LogP contribution is 2.26. The van der Waals surface area contributed by atoms with Gasteiger partial charge in [-0.25, -0.2) is 4.39 Å². The van der Waals surface area contributed by atoms with Gasteiger partial charge in [0.1, 0.15) is 11.9 Å². The molecule has 1 unspecified atom stereocenters. The maximum atomic E-state index is 13.3. The van der Waals surface area contributed by atoms with Crippen molar-refractivity contribution >= 4 is 24.8 Å². The van der Waals surface area contributed by atoms with Crippen molar-refractivity contribution in [3.05, 3.63) is 71.5 Å². The summed E-state index contributed by atoms with van der Waals surface area (Å²) in [4.78, 5) is 5.00. The Morgan fingerprint density at radius 3 is 1.93 bits per heavy atom. The summed E-state index contributed by atoms with van der Waals surface area (Å²) in [7, 11) is 0. The second-order valence-corrected chi connectivity index (χ2v) is 6.90. The van der Waals surface area contributed by atoms with Crippen molar-refractivity contribution in [2.75, 3.05) is 45.9 Å². The number of halogens is 3. The second kappa shape index (κ2) is 13.1. The van der Waals surface area contributed by atoms with Gasteiger partial charge in [0.15, 0.2) is 0 Å². The molecule has 2 aromatic carbocycles. The average Bonchev–Trinajstić information content (AvgIpc) is 2.68. The van der Waals surface area contributed by atoms with Crippen LogP contribution in [-0.2, 0) is 4.74 Å². The zero-order chi connectivity index (χ0) is 18.2. The number of rotatable bonds is 8. The fourth-order valence-corrected chi connectivity index (χ4v) is 3.50. The van der Waals surface area contributed by atoms with E-state index in [2.05, 4.69) is 28.9 Å². The van der Waals surface area contributed by atoms with Gasteiger partial charge in [0, 0.05) is 32.7 Å². The van der Waals surface area contributed by atoms with Gasteiger partial charge in [0.05, 0.1) is 6.61 Å². The summed E-state index contributed by atoms with van der Waals surface area (Å²) in [6.45, 7) is 9.55. The molecule has 1 atom stereocenters. The van der Waals surface area contributed by atoms with E-state index >= 15 is 0 Å². The Balaban J connectivity index is 0.00000196. The van der Waals surface area contributed by atoms with Crippen LogP contribution in [0.25, 0.3) is 0 Å². The van der Waals surface area contributed by atoms with Crippen molar-refractivity contribution in [2.24, 2.45) is 0 Å². The van der Waals surface area contributed by atoms with E-state index in [0.29, 0.717) is 6.61 Å². The van der Waals surface area contributed by atoms with Gasteiger partial charge in [-0.2, -0.15) is 0 Å². The van der Waals surface area contributed by atoms with Crippen molar-refractivity contribution in [1.29, 1.82) is 0 Å². The van der Waals surface area contributed by atoms with Crippen LogP contribution in [0.1, 0.15) is 30.6 Å². The van der Waals surface area contributed by atoms with Gasteiger partial charge < -0.3 is 9.64 Å². The van der Waals surface area contributed by atoms with Crippen molar-refractivity contribution < 1.29 is 9.13 Å². The lowest BCUT2D eigenvalue weighted by Gasteiger charge is -2.34. The minimum absolute atomic E-state index is 0. The minimum atomic E-state index is -0.217. The van der Waals surface area contributed by atoms with Gasteiger partial charge >= 0.3 is 0 Å². The zero-order valence-electron chi connectivity index (χ0n) is 16.4. The summed E-state index contributed by atoms with van der Waals surface area (Å²) in [5.41, 5.74) is 2.09. The van der Waals surface area contributed by atoms with E-state index < -0.39 is 0 Å². The third-order valence-corrected chi connectivity index (χ3v) is 4.97. The molecule has 2 aromatic rings. The van der Waals surface area contributed by atoms with Gasteiger partial charge in [-0.15, -0.1) is 24.8 Å². The van der Waals surface area contributed by atoms with Crippen molar-refractivity contribution in [1.82, 2.24) is 9.80 Å². The average molecular weight is 429 g/mol. The molecule has 156 valence electrons. The van der Waals surface area contributed by atoms with Crippen LogP contribution in [0.3, 0.4) is 0 Å². The number of benzene rings is 2. The highest BCUT2D eigenvalue weighted by molar-refractivity contribution is 5.85. The first kappa shape index (κ1) is 24.9. The number of hydrogen-bond donors (Lipinski definition) is 0. The Morgan fingerprint density at radius 2 is 1.36 bits per heavy atom. The molecule has 0 radical (unpaired) electrons. The van der Waals surface area contributed by atoms with Crippen LogP contribution in [0.5, 0.6) is 0 Å². The summed E-state index contributed by atoms with van der Waals surface area (Å²) >= 11 is 0. The predicted molar refractivity (Wildman–Crippen MR) is 118 cm³/mol. The van der Waals surface area contributed by atoms with Crippen LogP contribution in [-0.4, -0.2) is 55.7 Å². The van der Waals surface area contributed by atoms with E-state index in [0.717, 1.165) is 43.9 Å². The van der Waals surface area contributed by atoms with E-state index in [1.807, 2.05) is 30.3 Å². The molecule has 0 amide bonds. The molecule has 1 saturated heterocycles. The van der Waals surface area contributed by atoms with E-state index in [4.69, 9.17) is 4.74 Å². The first-order valence-corrected chi connectivity index (χ1v) is 9.63. The van der Waals surface area contributed by atoms with Gasteiger partial charge in [0.25, 0.3) is 0 Å². The molecule has 0 aliphatic carbocycles. The van der Waals surface area contributed by atoms with Crippen molar-refractivity contribution in [2.45, 2.75) is 19.4 Å². The van der Waals surface area contributed by atoms with Crippen LogP contribution in [0, 0.1) is 5.82 Å². The summed E-state index contributed by atoms with van der Waals surface area (Å²) in [6.07, 6.45) is 1.07. The molecular weight excluding hydrogens is 398 g/mol. The fraction of sp³-hybridized carbons (Fsp3) is 0.455. The number of nitrogens with zero attached hydrogens (tertiary/aromatic N) is 2. The topological polar surface area (TPSA) is 15.7 Å². The van der Waals surface area contributed by atoms with Crippen molar-refractivity contribution in [3.8, 4) is 0 Å². The lowest BCUT2D eigenvalue weighted by molar-refractivity contribution is 0.0453. The fourth-order valence-electron chi connectivity index (χ4n) is 3.50. The third kappa shape index (κ3) is 7.34. The normalized spacial score (nSPS) is 16.1. The molecule has 0 saturated carbocycles. The molecular formula is C22H31Cl2FN2O. The van der Waals surface area contributed by atoms with E-state index in [1.54, 1.807) is 0 Å². The third-order valence-electron chi connectivity index (χ3n) is 4.97. The molecule has 0 spiro atoms. The predicted octanol–water partition coefficient (Wildman–Crippen LogP) is 4.80. The summed E-state index contributed by atoms with van der Waals surface area (Å²) < 4.78 is 19.5. The SMILES string of the molecule is CCCN1CCN(CCOC(c2ccccc2)c2ccc(F)cc2)CC1.Cl.Cl. The largest absolute Gasteiger partial charge is 0.367 e. The molecule has 1 heterocycles. The Morgan fingerprint density at radius 1 is 0.821 bits per heavy atom. The van der Waals surface area contributed by atoms with Crippen LogP contribution in [0.2, 0.25) is 0 Å². The molecule has 0 aromatic heterocycles. The van der Waals surface area contributed by atoms with Crippen LogP contribution in [0.15, 0.2) is 54.6 Å². The van der Waals surface area contributed by atoms with E-state index in [1.165, 1.54) is 25.1 Å². The number of ether oxygens (including phenoxy) is 1. The molecule has 0 bridgehead atoms. The summed E-state index contributed by atoms with van der Waals surface area (Å²) in [6, 6.07) is 16.8. The Kier molecular flexibility index (Phi) is 11.7. The van der Waals surface area contributed by atoms with Crippen LogP contribution >= 0.6 is 24.8 Å². The maximum absolute atomic E-state index is 13.3. The maximum Gasteiger partial charge on any atom is 0.123 e. The van der Waals surface area contributed by atoms with Gasteiger partial charge in [0.2, 0.25) is 0 Å². The van der Waals surface area contributed by atoms with Crippen LogP contribution in [0.4, 0.5) is 4.39 Å². The standard InChI is InChI=1S/C22H29FN2O.2ClH/c1-2-12-24-13-15-25(16-14-24)17-18-26-22(19-6-4-3-5-7-19)20-8-10-21(23)11-9-20;;/h3-11,22H,2,12-18H2,1H3;2*1H. The first-order chi connectivity index (χ1) is 12.8. The lowest BCUT2D eigenvalue weighted by atomic mass is 10.0. The number of hydrogen-bond acceptors (Lipinski definition) is 3. The highest BCUT2D eigenvalue weighted by atomic mass is 35.5. The Hall–Kier alpha value is -1.17. The van der Waals surface area contributed by atoms with Gasteiger partial charge in [-0.1, -0.05) is 49.4 Å². The molecule has 3 rings (SSSR count). The van der Waals surface area contributed by atoms with Gasteiger partial charge in [-0.3, -0.25) is 4.90 Å². The summed E-state index contributed by atoms with van der Waals surface area (Å²) in [5.74, 6) is -0.217. The first-order valence-electron chi connectivity index (χ1n) is 9.63. The number of piperazine rings is 1. The molecule has 3 nitrogen and oxygen atoms in total.